The van der Waals surface area contributed by atoms with Crippen LogP contribution in [-0.4, -0.2) is 50.1 Å². The highest BCUT2D eigenvalue weighted by Gasteiger charge is 2.23. The number of nitrogens with one attached hydrogen (secondary N) is 2. The molecule has 2 unspecified atom stereocenters. The lowest BCUT2D eigenvalue weighted by Gasteiger charge is -2.07. The van der Waals surface area contributed by atoms with Gasteiger partial charge < -0.3 is 20.1 Å². The van der Waals surface area contributed by atoms with E-state index in [9.17, 15) is 19.2 Å². The Morgan fingerprint density at radius 1 is 0.909 bits per heavy atom. The third-order valence-corrected chi connectivity index (χ3v) is 3.40. The Balaban J connectivity index is 1.60. The zero-order chi connectivity index (χ0) is 15.9. The van der Waals surface area contributed by atoms with Crippen molar-refractivity contribution in [2.24, 2.45) is 11.8 Å². The van der Waals surface area contributed by atoms with Crippen LogP contribution in [0.1, 0.15) is 12.8 Å². The van der Waals surface area contributed by atoms with Gasteiger partial charge in [-0.1, -0.05) is 0 Å². The molecule has 0 aromatic heterocycles. The van der Waals surface area contributed by atoms with Crippen LogP contribution in [0.15, 0.2) is 12.2 Å². The maximum atomic E-state index is 11.4. The first kappa shape index (κ1) is 16.0. The number of carbonyl (C=O) groups excluding carboxylic acids is 4. The monoisotopic (exact) mass is 310 g/mol. The van der Waals surface area contributed by atoms with Crippen LogP contribution in [0.25, 0.3) is 0 Å². The molecule has 2 N–H and O–H groups in total. The van der Waals surface area contributed by atoms with Gasteiger partial charge >= 0.3 is 11.9 Å². The first-order chi connectivity index (χ1) is 10.5. The van der Waals surface area contributed by atoms with Crippen molar-refractivity contribution in [2.45, 2.75) is 12.8 Å². The Labute approximate surface area is 127 Å². The number of carbonyl (C=O) groups is 4. The molecule has 2 rings (SSSR count). The van der Waals surface area contributed by atoms with Gasteiger partial charge in [-0.3, -0.25) is 9.59 Å². The molecule has 2 aliphatic heterocycles. The van der Waals surface area contributed by atoms with Crippen molar-refractivity contribution < 1.29 is 28.7 Å². The van der Waals surface area contributed by atoms with E-state index in [0.717, 1.165) is 12.2 Å². The quantitative estimate of drug-likeness (QED) is 0.476. The summed E-state index contributed by atoms with van der Waals surface area (Å²) < 4.78 is 9.87. The third kappa shape index (κ3) is 5.19. The van der Waals surface area contributed by atoms with E-state index in [-0.39, 0.29) is 36.9 Å². The van der Waals surface area contributed by atoms with Crippen LogP contribution in [0.5, 0.6) is 0 Å². The van der Waals surface area contributed by atoms with E-state index in [1.54, 1.807) is 0 Å². The van der Waals surface area contributed by atoms with Crippen molar-refractivity contribution in [2.75, 3.05) is 26.3 Å². The molecule has 0 aliphatic carbocycles. The molecule has 0 aromatic carbocycles. The lowest BCUT2D eigenvalue weighted by Crippen LogP contribution is -2.17. The van der Waals surface area contributed by atoms with E-state index in [1.165, 1.54) is 0 Å². The first-order valence-electron chi connectivity index (χ1n) is 7.08. The molecule has 2 amide bonds. The Bertz CT molecular complexity index is 458. The molecule has 2 atom stereocenters. The number of amides is 2. The maximum absolute atomic E-state index is 11.4. The fourth-order valence-corrected chi connectivity index (χ4v) is 2.20. The Morgan fingerprint density at radius 3 is 1.64 bits per heavy atom. The average Bonchev–Trinajstić information content (AvgIpc) is 3.09. The van der Waals surface area contributed by atoms with Gasteiger partial charge in [0.05, 0.1) is 13.2 Å². The standard InChI is InChI=1S/C14H18N2O6/c17-11-3-9(5-15-11)7-21-13(19)1-2-14(20)22-8-10-4-12(18)16-6-10/h1-2,9-10H,3-8H2,(H,15,17)(H,16,18)/b2-1+. The summed E-state index contributed by atoms with van der Waals surface area (Å²) in [5.41, 5.74) is 0. The molecule has 0 spiro atoms. The topological polar surface area (TPSA) is 111 Å². The summed E-state index contributed by atoms with van der Waals surface area (Å²) in [4.78, 5) is 44.7. The molecule has 22 heavy (non-hydrogen) atoms. The van der Waals surface area contributed by atoms with Gasteiger partial charge in [0, 0.05) is 49.9 Å². The van der Waals surface area contributed by atoms with Gasteiger partial charge in [0.2, 0.25) is 11.8 Å². The van der Waals surface area contributed by atoms with Crippen molar-refractivity contribution in [1.29, 1.82) is 0 Å². The Hall–Kier alpha value is -2.38. The predicted molar refractivity (Wildman–Crippen MR) is 73.3 cm³/mol. The van der Waals surface area contributed by atoms with E-state index in [2.05, 4.69) is 10.6 Å². The molecular formula is C14H18N2O6. The summed E-state index contributed by atoms with van der Waals surface area (Å²) in [6.45, 7) is 1.25. The lowest BCUT2D eigenvalue weighted by atomic mass is 10.1. The molecular weight excluding hydrogens is 292 g/mol. The summed E-state index contributed by atoms with van der Waals surface area (Å²) in [5, 5.41) is 5.28. The molecule has 2 saturated heterocycles. The van der Waals surface area contributed by atoms with Crippen molar-refractivity contribution in [3.05, 3.63) is 12.2 Å². The van der Waals surface area contributed by atoms with Crippen LogP contribution in [0.3, 0.4) is 0 Å². The first-order valence-corrected chi connectivity index (χ1v) is 7.08. The fourth-order valence-electron chi connectivity index (χ4n) is 2.20. The van der Waals surface area contributed by atoms with Crippen LogP contribution in [-0.2, 0) is 28.7 Å². The minimum absolute atomic E-state index is 0.0239. The van der Waals surface area contributed by atoms with Gasteiger partial charge in [-0.05, 0) is 0 Å². The molecule has 2 aliphatic rings. The van der Waals surface area contributed by atoms with E-state index in [0.29, 0.717) is 25.9 Å². The van der Waals surface area contributed by atoms with E-state index < -0.39 is 11.9 Å². The molecule has 0 saturated carbocycles. The van der Waals surface area contributed by atoms with Gasteiger partial charge in [0.15, 0.2) is 0 Å². The third-order valence-electron chi connectivity index (χ3n) is 3.40. The highest BCUT2D eigenvalue weighted by molar-refractivity contribution is 5.91. The van der Waals surface area contributed by atoms with Crippen LogP contribution < -0.4 is 10.6 Å². The SMILES string of the molecule is O=C1CC(COC(=O)/C=C/C(=O)OCC2CNC(=O)C2)CN1. The zero-order valence-corrected chi connectivity index (χ0v) is 12.0. The summed E-state index contributed by atoms with van der Waals surface area (Å²) in [6.07, 6.45) is 2.66. The number of rotatable bonds is 6. The van der Waals surface area contributed by atoms with Gasteiger partial charge in [-0.25, -0.2) is 9.59 Å². The van der Waals surface area contributed by atoms with Gasteiger partial charge in [-0.15, -0.1) is 0 Å². The molecule has 8 nitrogen and oxygen atoms in total. The van der Waals surface area contributed by atoms with Crippen molar-refractivity contribution >= 4 is 23.8 Å². The number of hydrogen-bond donors (Lipinski definition) is 2. The van der Waals surface area contributed by atoms with Crippen LogP contribution in [0.4, 0.5) is 0 Å². The molecule has 120 valence electrons. The number of ether oxygens (including phenoxy) is 2. The van der Waals surface area contributed by atoms with Crippen molar-refractivity contribution in [1.82, 2.24) is 10.6 Å². The second-order valence-corrected chi connectivity index (χ2v) is 5.34. The normalized spacial score (nSPS) is 24.2. The summed E-state index contributed by atoms with van der Waals surface area (Å²) in [5.74, 6) is -1.48. The molecule has 8 heteroatoms. The summed E-state index contributed by atoms with van der Waals surface area (Å²) in [6, 6.07) is 0. The second kappa shape index (κ2) is 7.58. The Morgan fingerprint density at radius 2 is 1.32 bits per heavy atom. The molecule has 2 heterocycles. The fraction of sp³-hybridized carbons (Fsp3) is 0.571. The lowest BCUT2D eigenvalue weighted by molar-refractivity contribution is -0.141. The average molecular weight is 310 g/mol. The molecule has 0 aromatic rings. The highest BCUT2D eigenvalue weighted by Crippen LogP contribution is 2.10. The largest absolute Gasteiger partial charge is 0.462 e. The molecule has 0 bridgehead atoms. The minimum atomic E-state index is -0.658. The van der Waals surface area contributed by atoms with Crippen molar-refractivity contribution in [3.8, 4) is 0 Å². The smallest absolute Gasteiger partial charge is 0.331 e. The zero-order valence-electron chi connectivity index (χ0n) is 12.0. The number of hydrogen-bond acceptors (Lipinski definition) is 6. The summed E-state index contributed by atoms with van der Waals surface area (Å²) >= 11 is 0. The van der Waals surface area contributed by atoms with Crippen molar-refractivity contribution in [3.63, 3.8) is 0 Å². The second-order valence-electron chi connectivity index (χ2n) is 5.34. The Kier molecular flexibility index (Phi) is 5.51. The number of esters is 2. The van der Waals surface area contributed by atoms with E-state index in [1.807, 2.05) is 0 Å². The molecule has 0 radical (unpaired) electrons. The summed E-state index contributed by atoms with van der Waals surface area (Å²) in [7, 11) is 0. The van der Waals surface area contributed by atoms with E-state index in [4.69, 9.17) is 9.47 Å². The van der Waals surface area contributed by atoms with Crippen LogP contribution >= 0.6 is 0 Å². The van der Waals surface area contributed by atoms with Gasteiger partial charge in [0.1, 0.15) is 0 Å². The highest BCUT2D eigenvalue weighted by atomic mass is 16.5. The predicted octanol–water partition coefficient (Wildman–Crippen LogP) is -1.10. The molecule has 2 fully saturated rings. The maximum Gasteiger partial charge on any atom is 0.331 e. The van der Waals surface area contributed by atoms with Gasteiger partial charge in [0.25, 0.3) is 0 Å². The van der Waals surface area contributed by atoms with Crippen LogP contribution in [0.2, 0.25) is 0 Å². The minimum Gasteiger partial charge on any atom is -0.462 e. The van der Waals surface area contributed by atoms with Gasteiger partial charge in [-0.2, -0.15) is 0 Å². The van der Waals surface area contributed by atoms with E-state index >= 15 is 0 Å². The van der Waals surface area contributed by atoms with Crippen LogP contribution in [0, 0.1) is 11.8 Å².